The van der Waals surface area contributed by atoms with E-state index in [2.05, 4.69) is 25.8 Å². The number of nitrogens with zero attached hydrogens (tertiary/aromatic N) is 3. The molecule has 1 amide bonds. The minimum absolute atomic E-state index is 0.162. The van der Waals surface area contributed by atoms with E-state index >= 15 is 0 Å². The van der Waals surface area contributed by atoms with Crippen LogP contribution in [0, 0.1) is 12.8 Å². The molecule has 1 aliphatic rings. The minimum Gasteiger partial charge on any atom is -0.408 e. The molecule has 158 valence electrons. The van der Waals surface area contributed by atoms with Gasteiger partial charge in [-0.1, -0.05) is 5.10 Å². The number of halogens is 1. The van der Waals surface area contributed by atoms with Gasteiger partial charge in [-0.05, 0) is 38.7 Å². The number of carbonyl (C=O) groups is 1. The third kappa shape index (κ3) is 5.20. The third-order valence-electron chi connectivity index (χ3n) is 5.08. The maximum atomic E-state index is 14.3. The van der Waals surface area contributed by atoms with Crippen LogP contribution < -0.4 is 16.4 Å². The molecule has 0 bridgehead atoms. The molecule has 3 rings (SSSR count). The summed E-state index contributed by atoms with van der Waals surface area (Å²) in [5.41, 5.74) is 4.95. The summed E-state index contributed by atoms with van der Waals surface area (Å²) < 4.78 is 19.6. The normalized spacial score (nSPS) is 20.0. The Hall–Kier alpha value is -2.75. The molecule has 1 fully saturated rings. The van der Waals surface area contributed by atoms with Gasteiger partial charge >= 0.3 is 6.01 Å². The van der Waals surface area contributed by atoms with Gasteiger partial charge < -0.3 is 25.9 Å². The molecular formula is C19H27FN6O3. The highest BCUT2D eigenvalue weighted by Gasteiger charge is 2.32. The van der Waals surface area contributed by atoms with Crippen LogP contribution in [0.5, 0.6) is 0 Å². The maximum Gasteiger partial charge on any atom is 0.315 e. The van der Waals surface area contributed by atoms with Crippen molar-refractivity contribution < 1.29 is 18.7 Å². The zero-order valence-corrected chi connectivity index (χ0v) is 16.8. The van der Waals surface area contributed by atoms with Crippen LogP contribution in [0.2, 0.25) is 0 Å². The van der Waals surface area contributed by atoms with Crippen LogP contribution >= 0.6 is 0 Å². The van der Waals surface area contributed by atoms with Crippen LogP contribution in [-0.4, -0.2) is 50.6 Å². The number of nitrogens with one attached hydrogen (secondary N) is 2. The van der Waals surface area contributed by atoms with Crippen molar-refractivity contribution in [3.63, 3.8) is 0 Å². The van der Waals surface area contributed by atoms with Crippen molar-refractivity contribution in [2.45, 2.75) is 57.8 Å². The molecule has 10 heteroatoms. The van der Waals surface area contributed by atoms with Crippen LogP contribution in [0.1, 0.15) is 48.6 Å². The van der Waals surface area contributed by atoms with E-state index in [1.807, 2.05) is 0 Å². The highest BCUT2D eigenvalue weighted by molar-refractivity contribution is 5.99. The van der Waals surface area contributed by atoms with Gasteiger partial charge in [-0.2, -0.15) is 0 Å². The fourth-order valence-electron chi connectivity index (χ4n) is 3.31. The topological polar surface area (TPSA) is 139 Å². The van der Waals surface area contributed by atoms with E-state index in [1.165, 1.54) is 20.0 Å². The Kier molecular flexibility index (Phi) is 6.02. The molecule has 2 aromatic rings. The first-order chi connectivity index (χ1) is 13.6. The molecule has 29 heavy (non-hydrogen) atoms. The molecule has 0 aliphatic heterocycles. The summed E-state index contributed by atoms with van der Waals surface area (Å²) in [5.74, 6) is 0.250. The fraction of sp³-hybridized carbons (Fsp3) is 0.579. The Morgan fingerprint density at radius 3 is 2.76 bits per heavy atom. The summed E-state index contributed by atoms with van der Waals surface area (Å²) in [7, 11) is 0. The summed E-state index contributed by atoms with van der Waals surface area (Å²) >= 11 is 0. The largest absolute Gasteiger partial charge is 0.408 e. The van der Waals surface area contributed by atoms with E-state index < -0.39 is 17.7 Å². The van der Waals surface area contributed by atoms with Gasteiger partial charge in [-0.15, -0.1) is 5.10 Å². The average molecular weight is 406 g/mol. The number of aryl methyl sites for hydroxylation is 1. The van der Waals surface area contributed by atoms with Crippen molar-refractivity contribution in [2.24, 2.45) is 11.7 Å². The number of anilines is 2. The lowest BCUT2D eigenvalue weighted by Crippen LogP contribution is -2.39. The number of nitrogens with two attached hydrogens (primary N) is 1. The first-order valence-corrected chi connectivity index (χ1v) is 9.58. The number of aromatic nitrogens is 3. The second kappa shape index (κ2) is 8.32. The molecule has 1 saturated carbocycles. The van der Waals surface area contributed by atoms with Crippen molar-refractivity contribution in [3.05, 3.63) is 29.4 Å². The van der Waals surface area contributed by atoms with Crippen molar-refractivity contribution in [1.29, 1.82) is 0 Å². The van der Waals surface area contributed by atoms with Gasteiger partial charge in [0.25, 0.3) is 5.91 Å². The molecule has 2 aromatic heterocycles. The number of pyridine rings is 1. The lowest BCUT2D eigenvalue weighted by Gasteiger charge is -2.37. The van der Waals surface area contributed by atoms with Crippen molar-refractivity contribution in [2.75, 3.05) is 17.2 Å². The summed E-state index contributed by atoms with van der Waals surface area (Å²) in [4.78, 5) is 16.1. The number of hydrogen-bond acceptors (Lipinski definition) is 8. The van der Waals surface area contributed by atoms with Crippen LogP contribution in [0.15, 0.2) is 16.7 Å². The molecule has 0 aromatic carbocycles. The average Bonchev–Trinajstić information content (AvgIpc) is 3.01. The standard InChI is InChI=1S/C19H27FN6O3/c1-10-25-26-18(29-10)23-9-11-6-12(7-11)24-13-4-5-22-14(16(13)17(21)27)8-15(20)19(2,3)28/h4-5,11-12,15,28H,6-9H2,1-3H3,(H2,21,27)(H,22,24)(H,23,26)/t11?,12?,15-/m1/s1. The SMILES string of the molecule is Cc1nnc(NCC2CC(Nc3ccnc(C[C@@H](F)C(C)(C)O)c3C(N)=O)C2)o1. The van der Waals surface area contributed by atoms with E-state index in [0.717, 1.165) is 12.8 Å². The number of alkyl halides is 1. The van der Waals surface area contributed by atoms with Crippen LogP contribution in [0.4, 0.5) is 16.1 Å². The molecule has 1 atom stereocenters. The predicted octanol–water partition coefficient (Wildman–Crippen LogP) is 1.83. The number of amides is 1. The molecule has 0 saturated heterocycles. The zero-order valence-electron chi connectivity index (χ0n) is 16.8. The maximum absolute atomic E-state index is 14.3. The van der Waals surface area contributed by atoms with Crippen LogP contribution in [0.3, 0.4) is 0 Å². The second-order valence-corrected chi connectivity index (χ2v) is 8.06. The molecule has 2 heterocycles. The monoisotopic (exact) mass is 406 g/mol. The summed E-state index contributed by atoms with van der Waals surface area (Å²) in [6.07, 6.45) is 1.50. The Morgan fingerprint density at radius 2 is 2.17 bits per heavy atom. The van der Waals surface area contributed by atoms with E-state index in [4.69, 9.17) is 10.2 Å². The van der Waals surface area contributed by atoms with Crippen molar-refractivity contribution in [1.82, 2.24) is 15.2 Å². The Balaban J connectivity index is 1.59. The number of hydrogen-bond donors (Lipinski definition) is 4. The Morgan fingerprint density at radius 1 is 1.45 bits per heavy atom. The quantitative estimate of drug-likeness (QED) is 0.494. The number of primary amides is 1. The second-order valence-electron chi connectivity index (χ2n) is 8.06. The van der Waals surface area contributed by atoms with Gasteiger partial charge in [0.15, 0.2) is 0 Å². The first-order valence-electron chi connectivity index (χ1n) is 9.58. The highest BCUT2D eigenvalue weighted by Crippen LogP contribution is 2.32. The van der Waals surface area contributed by atoms with E-state index in [1.54, 1.807) is 13.0 Å². The van der Waals surface area contributed by atoms with Crippen molar-refractivity contribution in [3.8, 4) is 0 Å². The molecule has 9 nitrogen and oxygen atoms in total. The minimum atomic E-state index is -1.57. The highest BCUT2D eigenvalue weighted by atomic mass is 19.1. The molecule has 5 N–H and O–H groups in total. The van der Waals surface area contributed by atoms with Gasteiger partial charge in [0.05, 0.1) is 22.5 Å². The van der Waals surface area contributed by atoms with Crippen molar-refractivity contribution >= 4 is 17.6 Å². The number of aliphatic hydroxyl groups is 1. The van der Waals surface area contributed by atoms with Crippen LogP contribution in [0.25, 0.3) is 0 Å². The fourth-order valence-corrected chi connectivity index (χ4v) is 3.31. The third-order valence-corrected chi connectivity index (χ3v) is 5.08. The predicted molar refractivity (Wildman–Crippen MR) is 105 cm³/mol. The van der Waals surface area contributed by atoms with Gasteiger partial charge in [0, 0.05) is 32.1 Å². The van der Waals surface area contributed by atoms with Gasteiger partial charge in [-0.3, -0.25) is 9.78 Å². The molecule has 0 unspecified atom stereocenters. The van der Waals surface area contributed by atoms with E-state index in [9.17, 15) is 14.3 Å². The van der Waals surface area contributed by atoms with Gasteiger partial charge in [-0.25, -0.2) is 4.39 Å². The Labute approximate surface area is 168 Å². The van der Waals surface area contributed by atoms with E-state index in [0.29, 0.717) is 30.1 Å². The molecule has 1 aliphatic carbocycles. The summed E-state index contributed by atoms with van der Waals surface area (Å²) in [5, 5.41) is 23.9. The molecule has 0 radical (unpaired) electrons. The van der Waals surface area contributed by atoms with E-state index in [-0.39, 0.29) is 23.7 Å². The van der Waals surface area contributed by atoms with Crippen LogP contribution in [-0.2, 0) is 6.42 Å². The number of rotatable bonds is 9. The summed E-state index contributed by atoms with van der Waals surface area (Å²) in [6.45, 7) is 5.19. The lowest BCUT2D eigenvalue weighted by atomic mass is 9.80. The lowest BCUT2D eigenvalue weighted by molar-refractivity contribution is -0.00307. The summed E-state index contributed by atoms with van der Waals surface area (Å²) in [6, 6.07) is 2.23. The molecule has 0 spiro atoms. The van der Waals surface area contributed by atoms with Gasteiger partial charge in [0.2, 0.25) is 5.89 Å². The smallest absolute Gasteiger partial charge is 0.315 e. The first kappa shape index (κ1) is 21.0. The number of carbonyl (C=O) groups excluding carboxylic acids is 1. The van der Waals surface area contributed by atoms with Gasteiger partial charge in [0.1, 0.15) is 6.17 Å². The Bertz CT molecular complexity index is 860. The zero-order chi connectivity index (χ0) is 21.2. The molecular weight excluding hydrogens is 379 g/mol.